The van der Waals surface area contributed by atoms with Crippen LogP contribution in [0.25, 0.3) is 11.0 Å². The third-order valence-corrected chi connectivity index (χ3v) is 4.75. The van der Waals surface area contributed by atoms with Gasteiger partial charge in [-0.25, -0.2) is 4.79 Å². The maximum absolute atomic E-state index is 12.6. The van der Waals surface area contributed by atoms with Crippen molar-refractivity contribution in [2.75, 3.05) is 13.2 Å². The number of esters is 1. The molecule has 0 aliphatic carbocycles. The highest BCUT2D eigenvalue weighted by atomic mass is 16.6. The van der Waals surface area contributed by atoms with Crippen LogP contribution >= 0.6 is 0 Å². The number of ether oxygens (including phenoxy) is 3. The lowest BCUT2D eigenvalue weighted by molar-refractivity contribution is -0.131. The Balaban J connectivity index is 2.33. The minimum atomic E-state index is -0.703. The van der Waals surface area contributed by atoms with Gasteiger partial charge in [-0.05, 0) is 64.7 Å². The van der Waals surface area contributed by atoms with E-state index in [1.54, 1.807) is 18.2 Å². The minimum Gasteiger partial charge on any atom is -0.489 e. The van der Waals surface area contributed by atoms with Crippen molar-refractivity contribution in [1.82, 2.24) is 0 Å². The Bertz CT molecular complexity index is 1080. The monoisotopic (exact) mass is 454 g/mol. The molecule has 1 heterocycles. The van der Waals surface area contributed by atoms with Crippen LogP contribution < -0.4 is 19.8 Å². The average molecular weight is 455 g/mol. The van der Waals surface area contributed by atoms with Gasteiger partial charge < -0.3 is 18.6 Å². The minimum absolute atomic E-state index is 0.0214. The number of hydrogen-bond acceptors (Lipinski definition) is 6. The van der Waals surface area contributed by atoms with Crippen molar-refractivity contribution in [2.45, 2.75) is 60.3 Å². The van der Waals surface area contributed by atoms with Gasteiger partial charge in [0.2, 0.25) is 5.75 Å². The lowest BCUT2D eigenvalue weighted by Crippen LogP contribution is -2.13. The van der Waals surface area contributed by atoms with Gasteiger partial charge in [0, 0.05) is 6.92 Å². The quantitative estimate of drug-likeness (QED) is 0.157. The van der Waals surface area contributed by atoms with Gasteiger partial charge >= 0.3 is 11.6 Å². The van der Waals surface area contributed by atoms with E-state index in [1.807, 2.05) is 25.2 Å². The van der Waals surface area contributed by atoms with Gasteiger partial charge in [0.1, 0.15) is 23.3 Å². The molecule has 2 rings (SSSR count). The first-order chi connectivity index (χ1) is 15.8. The molecule has 0 unspecified atom stereocenters. The Morgan fingerprint density at radius 2 is 1.79 bits per heavy atom. The van der Waals surface area contributed by atoms with Crippen LogP contribution in [0.1, 0.15) is 60.3 Å². The van der Waals surface area contributed by atoms with Gasteiger partial charge in [-0.1, -0.05) is 42.4 Å². The molecule has 0 bridgehead atoms. The maximum atomic E-state index is 12.6. The topological polar surface area (TPSA) is 75.0 Å². The zero-order valence-electron chi connectivity index (χ0n) is 20.2. The van der Waals surface area contributed by atoms with E-state index in [4.69, 9.17) is 18.6 Å². The summed E-state index contributed by atoms with van der Waals surface area (Å²) >= 11 is 0. The summed E-state index contributed by atoms with van der Waals surface area (Å²) in [5, 5.41) is 0.391. The van der Waals surface area contributed by atoms with Crippen LogP contribution in [0.15, 0.2) is 62.9 Å². The second-order valence-corrected chi connectivity index (χ2v) is 7.97. The van der Waals surface area contributed by atoms with Crippen LogP contribution in [0.2, 0.25) is 0 Å². The number of fused-ring (bicyclic) bond motifs is 1. The number of rotatable bonds is 12. The summed E-state index contributed by atoms with van der Waals surface area (Å²) in [5.74, 6) is -0.237. The van der Waals surface area contributed by atoms with Crippen molar-refractivity contribution >= 4 is 16.9 Å². The molecule has 0 saturated heterocycles. The second kappa shape index (κ2) is 13.3. The van der Waals surface area contributed by atoms with E-state index < -0.39 is 11.6 Å². The number of allylic oxidation sites excluding steroid dienone is 4. The van der Waals surface area contributed by atoms with Crippen LogP contribution in [-0.4, -0.2) is 19.2 Å². The molecule has 0 N–H and O–H groups in total. The molecule has 0 amide bonds. The van der Waals surface area contributed by atoms with Gasteiger partial charge in [0.15, 0.2) is 5.75 Å². The summed E-state index contributed by atoms with van der Waals surface area (Å²) in [6, 6.07) is 5.10. The molecule has 0 aliphatic rings. The highest BCUT2D eigenvalue weighted by Crippen LogP contribution is 2.39. The van der Waals surface area contributed by atoms with E-state index >= 15 is 0 Å². The molecule has 0 aliphatic heterocycles. The summed E-state index contributed by atoms with van der Waals surface area (Å²) in [5.41, 5.74) is 2.07. The fraction of sp³-hybridized carbons (Fsp3) is 0.407. The largest absolute Gasteiger partial charge is 0.489 e. The molecule has 1 aromatic heterocycles. The first-order valence-electron chi connectivity index (χ1n) is 11.3. The molecule has 0 radical (unpaired) electrons. The number of hydrogen-bond donors (Lipinski definition) is 0. The van der Waals surface area contributed by atoms with Crippen molar-refractivity contribution in [1.29, 1.82) is 0 Å². The van der Waals surface area contributed by atoms with Crippen molar-refractivity contribution in [2.24, 2.45) is 0 Å². The highest BCUT2D eigenvalue weighted by Gasteiger charge is 2.22. The van der Waals surface area contributed by atoms with E-state index in [0.717, 1.165) is 19.3 Å². The molecule has 0 saturated carbocycles. The van der Waals surface area contributed by atoms with Crippen LogP contribution in [-0.2, 0) is 4.79 Å². The molecule has 6 heteroatoms. The molecule has 6 nitrogen and oxygen atoms in total. The summed E-state index contributed by atoms with van der Waals surface area (Å²) in [6.45, 7) is 10.1. The smallest absolute Gasteiger partial charge is 0.383 e. The summed E-state index contributed by atoms with van der Waals surface area (Å²) in [4.78, 5) is 24.4. The molecule has 0 atom stereocenters. The summed E-state index contributed by atoms with van der Waals surface area (Å²) in [7, 11) is 0. The van der Waals surface area contributed by atoms with Gasteiger partial charge in [-0.2, -0.15) is 0 Å². The van der Waals surface area contributed by atoms with Crippen LogP contribution in [0.3, 0.4) is 0 Å². The SMILES string of the molecule is CCC=CCCOc1c(OC(C)=O)c2c(OCC=C(C)CCC=C(C)C)cccc2oc1=O. The standard InChI is InChI=1S/C27H34O6/c1-6-7-8-9-17-31-26-25(32-21(5)28)24-22(14-11-15-23(24)33-27(26)29)30-18-16-20(4)13-10-12-19(2)3/h7-8,11-12,14-16H,6,9-10,13,17-18H2,1-5H3. The average Bonchev–Trinajstić information content (AvgIpc) is 2.74. The zero-order chi connectivity index (χ0) is 24.2. The number of benzene rings is 1. The summed E-state index contributed by atoms with van der Waals surface area (Å²) in [6.07, 6.45) is 11.7. The van der Waals surface area contributed by atoms with Gasteiger partial charge in [0.05, 0.1) is 6.61 Å². The van der Waals surface area contributed by atoms with E-state index in [-0.39, 0.29) is 23.7 Å². The Kier molecular flexibility index (Phi) is 10.5. The van der Waals surface area contributed by atoms with E-state index in [1.165, 1.54) is 18.1 Å². The predicted molar refractivity (Wildman–Crippen MR) is 131 cm³/mol. The second-order valence-electron chi connectivity index (χ2n) is 7.97. The zero-order valence-corrected chi connectivity index (χ0v) is 20.2. The molecule has 2 aromatic rings. The lowest BCUT2D eigenvalue weighted by atomic mass is 10.1. The highest BCUT2D eigenvalue weighted by molar-refractivity contribution is 5.93. The van der Waals surface area contributed by atoms with Crippen molar-refractivity contribution in [3.63, 3.8) is 0 Å². The lowest BCUT2D eigenvalue weighted by Gasteiger charge is -2.14. The molecule has 0 spiro atoms. The molecular formula is C27H34O6. The Morgan fingerprint density at radius 3 is 2.48 bits per heavy atom. The molecule has 0 fully saturated rings. The summed E-state index contributed by atoms with van der Waals surface area (Å²) < 4.78 is 22.5. The number of carbonyl (C=O) groups is 1. The number of carbonyl (C=O) groups excluding carboxylic acids is 1. The van der Waals surface area contributed by atoms with Crippen LogP contribution in [0.5, 0.6) is 17.2 Å². The third kappa shape index (κ3) is 8.29. The van der Waals surface area contributed by atoms with E-state index in [9.17, 15) is 9.59 Å². The molecule has 1 aromatic carbocycles. The Labute approximate surface area is 195 Å². The van der Waals surface area contributed by atoms with Gasteiger partial charge in [0.25, 0.3) is 0 Å². The normalized spacial score (nSPS) is 11.6. The van der Waals surface area contributed by atoms with Gasteiger partial charge in [-0.15, -0.1) is 0 Å². The van der Waals surface area contributed by atoms with Crippen LogP contribution in [0.4, 0.5) is 0 Å². The molecule has 33 heavy (non-hydrogen) atoms. The molecular weight excluding hydrogens is 420 g/mol. The van der Waals surface area contributed by atoms with Crippen molar-refractivity contribution in [3.8, 4) is 17.2 Å². The predicted octanol–water partition coefficient (Wildman–Crippen LogP) is 6.52. The first kappa shape index (κ1) is 26.0. The first-order valence-corrected chi connectivity index (χ1v) is 11.3. The maximum Gasteiger partial charge on any atom is 0.383 e. The van der Waals surface area contributed by atoms with Gasteiger partial charge in [-0.3, -0.25) is 4.79 Å². The fourth-order valence-electron chi connectivity index (χ4n) is 3.14. The Hall–Kier alpha value is -3.28. The third-order valence-electron chi connectivity index (χ3n) is 4.75. The van der Waals surface area contributed by atoms with E-state index in [0.29, 0.717) is 24.2 Å². The van der Waals surface area contributed by atoms with Crippen molar-refractivity contribution in [3.05, 3.63) is 64.1 Å². The Morgan fingerprint density at radius 1 is 1.00 bits per heavy atom. The molecule has 178 valence electrons. The van der Waals surface area contributed by atoms with E-state index in [2.05, 4.69) is 26.8 Å². The fourth-order valence-corrected chi connectivity index (χ4v) is 3.14. The van der Waals surface area contributed by atoms with Crippen molar-refractivity contribution < 1.29 is 23.4 Å². The van der Waals surface area contributed by atoms with Crippen LogP contribution in [0, 0.1) is 0 Å².